The summed E-state index contributed by atoms with van der Waals surface area (Å²) in [5, 5.41) is 0. The minimum absolute atomic E-state index is 0.0239. The van der Waals surface area contributed by atoms with Crippen LogP contribution in [0.3, 0.4) is 0 Å². The highest BCUT2D eigenvalue weighted by Gasteiger charge is 2.93. The fourth-order valence-corrected chi connectivity index (χ4v) is 19.1. The number of esters is 2. The largest absolute Gasteiger partial charge is 0.449 e. The molecule has 13 atom stereocenters. The summed E-state index contributed by atoms with van der Waals surface area (Å²) in [6.45, 7) is 6.75. The molecule has 2 saturated carbocycles. The number of aryl methyl sites for hydroxylation is 2. The molecule has 9 aliphatic heterocycles. The summed E-state index contributed by atoms with van der Waals surface area (Å²) in [6, 6.07) is 17.2. The van der Waals surface area contributed by atoms with Crippen molar-refractivity contribution in [2.45, 2.75) is 147 Å². The van der Waals surface area contributed by atoms with Crippen LogP contribution in [0.5, 0.6) is 0 Å². The van der Waals surface area contributed by atoms with Crippen molar-refractivity contribution in [1.29, 1.82) is 0 Å². The standard InChI is InChI=1S/C57H69N3O4/c1-33-25-39-18-19-46-41-28-36-30-59(32-41)45(37-12-3-4-13-37)20-21-48-55-23-22-42-44-29-40(49(33)51(42)52(39)60(46)31-36)27-35-11-6-10-34(26-35)9-2-5-17-47(56(44,55)54(62)63-48)57(55)43-16-7-14-38(15-8-24-58)50(43)53(61)64-57/h6-7,10-11,14,16,21,26,33,36-37,40-41,45-47,49,51H,2-5,8-9,12-13,15,17-20,22-25,27-32,58H2,1H3/b48-21+/t33-,36+,40+,41-,45-,46+,47+,49-,51+,55-,56+,57-/m1/s1. The van der Waals surface area contributed by atoms with Crippen LogP contribution < -0.4 is 5.73 Å². The zero-order chi connectivity index (χ0) is 42.7. The molecule has 0 aromatic heterocycles. The molecule has 2 N–H and O–H groups in total. The van der Waals surface area contributed by atoms with Gasteiger partial charge in [-0.3, -0.25) is 9.69 Å². The van der Waals surface area contributed by atoms with Gasteiger partial charge in [-0.1, -0.05) is 85.4 Å². The fraction of sp³-hybridized carbons (Fsp3) is 0.649. The number of hydrogen-bond acceptors (Lipinski definition) is 7. The molecule has 9 heterocycles. The van der Waals surface area contributed by atoms with Crippen molar-refractivity contribution >= 4 is 11.9 Å². The van der Waals surface area contributed by atoms with Crippen LogP contribution in [0.25, 0.3) is 0 Å². The van der Waals surface area contributed by atoms with E-state index < -0.39 is 16.4 Å². The number of benzene rings is 2. The van der Waals surface area contributed by atoms with E-state index >= 15 is 4.79 Å². The van der Waals surface area contributed by atoms with E-state index in [1.807, 2.05) is 0 Å². The first-order chi connectivity index (χ1) is 31.4. The Morgan fingerprint density at radius 1 is 0.844 bits per heavy atom. The molecule has 6 aliphatic carbocycles. The highest BCUT2D eigenvalue weighted by Crippen LogP contribution is 2.87. The number of fused-ring (bicyclic) bond motifs is 7. The molecule has 3 spiro atoms. The average molecular weight is 860 g/mol. The highest BCUT2D eigenvalue weighted by molar-refractivity contribution is 6.00. The van der Waals surface area contributed by atoms with E-state index in [4.69, 9.17) is 15.2 Å². The Labute approximate surface area is 380 Å². The zero-order valence-electron chi connectivity index (χ0n) is 38.3. The number of rotatable bonds is 4. The monoisotopic (exact) mass is 860 g/mol. The normalized spacial score (nSPS) is 43.3. The first kappa shape index (κ1) is 39.5. The number of carbonyl (C=O) groups is 2. The van der Waals surface area contributed by atoms with Crippen molar-refractivity contribution in [1.82, 2.24) is 9.80 Å². The van der Waals surface area contributed by atoms with E-state index in [-0.39, 0.29) is 17.9 Å². The molecule has 0 amide bonds. The second-order valence-corrected chi connectivity index (χ2v) is 23.5. The van der Waals surface area contributed by atoms with Crippen molar-refractivity contribution in [3.05, 3.63) is 105 Å². The number of carbonyl (C=O) groups excluding carboxylic acids is 2. The molecular weight excluding hydrogens is 791 g/mol. The van der Waals surface area contributed by atoms with Gasteiger partial charge in [-0.2, -0.15) is 0 Å². The number of hydrogen-bond donors (Lipinski definition) is 1. The molecule has 3 saturated heterocycles. The van der Waals surface area contributed by atoms with Crippen LogP contribution in [0.2, 0.25) is 0 Å². The molecule has 15 aliphatic rings. The maximum absolute atomic E-state index is 16.2. The van der Waals surface area contributed by atoms with E-state index in [9.17, 15) is 4.79 Å². The maximum atomic E-state index is 16.2. The van der Waals surface area contributed by atoms with Gasteiger partial charge in [0, 0.05) is 54.8 Å². The third-order valence-corrected chi connectivity index (χ3v) is 20.9. The Hall–Kier alpha value is -3.68. The summed E-state index contributed by atoms with van der Waals surface area (Å²) in [5.41, 5.74) is 15.8. The number of piperidine rings is 2. The average Bonchev–Trinajstić information content (AvgIpc) is 4.00. The Morgan fingerprint density at radius 2 is 1.70 bits per heavy atom. The smallest absolute Gasteiger partial charge is 0.339 e. The Bertz CT molecular complexity index is 2440. The third kappa shape index (κ3) is 4.92. The molecule has 7 heteroatoms. The van der Waals surface area contributed by atoms with Gasteiger partial charge in [0.15, 0.2) is 5.60 Å². The van der Waals surface area contributed by atoms with Gasteiger partial charge in [0.05, 0.1) is 11.0 Å². The number of nitrogens with zero attached hydrogens (tertiary/aromatic N) is 2. The van der Waals surface area contributed by atoms with E-state index in [0.717, 1.165) is 93.1 Å². The van der Waals surface area contributed by atoms with Crippen LogP contribution in [-0.4, -0.2) is 60.0 Å². The second kappa shape index (κ2) is 14.2. The summed E-state index contributed by atoms with van der Waals surface area (Å²) < 4.78 is 14.5. The van der Waals surface area contributed by atoms with Crippen molar-refractivity contribution in [3.8, 4) is 0 Å². The molecule has 2 aromatic rings. The Balaban J connectivity index is 1.05. The lowest BCUT2D eigenvalue weighted by molar-refractivity contribution is -0.278. The van der Waals surface area contributed by atoms with Crippen molar-refractivity contribution in [3.63, 3.8) is 0 Å². The Kier molecular flexibility index (Phi) is 8.74. The van der Waals surface area contributed by atoms with Crippen LogP contribution in [0, 0.1) is 58.2 Å². The predicted octanol–water partition coefficient (Wildman–Crippen LogP) is 9.97. The van der Waals surface area contributed by atoms with Crippen LogP contribution in [0.1, 0.15) is 142 Å². The van der Waals surface area contributed by atoms with Gasteiger partial charge in [0.1, 0.15) is 11.2 Å². The van der Waals surface area contributed by atoms with Crippen LogP contribution in [-0.2, 0) is 39.1 Å². The summed E-state index contributed by atoms with van der Waals surface area (Å²) in [5.74, 6) is 4.36. The van der Waals surface area contributed by atoms with Gasteiger partial charge in [-0.25, -0.2) is 4.79 Å². The first-order valence-electron chi connectivity index (χ1n) is 26.4. The molecule has 336 valence electrons. The number of ether oxygens (including phenoxy) is 2. The quantitative estimate of drug-likeness (QED) is 0.242. The fourth-order valence-electron chi connectivity index (χ4n) is 19.1. The predicted molar refractivity (Wildman–Crippen MR) is 247 cm³/mol. The zero-order valence-corrected chi connectivity index (χ0v) is 38.3. The van der Waals surface area contributed by atoms with Gasteiger partial charge in [0.2, 0.25) is 0 Å². The van der Waals surface area contributed by atoms with Crippen molar-refractivity contribution in [2.75, 3.05) is 26.2 Å². The van der Waals surface area contributed by atoms with Crippen LogP contribution in [0.15, 0.2) is 76.7 Å². The molecular formula is C57H69N3O4. The molecule has 64 heavy (non-hydrogen) atoms. The van der Waals surface area contributed by atoms with Crippen molar-refractivity contribution < 1.29 is 19.1 Å². The lowest BCUT2D eigenvalue weighted by Crippen LogP contribution is -2.77. The minimum Gasteiger partial charge on any atom is -0.449 e. The van der Waals surface area contributed by atoms with Gasteiger partial charge >= 0.3 is 11.9 Å². The lowest BCUT2D eigenvalue weighted by atomic mass is 9.28. The lowest BCUT2D eigenvalue weighted by Gasteiger charge is -2.72. The van der Waals surface area contributed by atoms with Gasteiger partial charge < -0.3 is 20.1 Å². The maximum Gasteiger partial charge on any atom is 0.339 e. The number of allylic oxidation sites excluding steroid dienone is 2. The molecule has 0 radical (unpaired) electrons. The molecule has 17 rings (SSSR count). The highest BCUT2D eigenvalue weighted by atomic mass is 16.6. The minimum atomic E-state index is -0.961. The van der Waals surface area contributed by atoms with Gasteiger partial charge in [-0.05, 0) is 168 Å². The third-order valence-electron chi connectivity index (χ3n) is 20.9. The van der Waals surface area contributed by atoms with Crippen molar-refractivity contribution in [2.24, 2.45) is 63.9 Å². The number of nitrogens with two attached hydrogens (primary N) is 1. The van der Waals surface area contributed by atoms with Crippen LogP contribution in [0.4, 0.5) is 0 Å². The van der Waals surface area contributed by atoms with E-state index in [1.165, 1.54) is 87.7 Å². The topological polar surface area (TPSA) is 85.1 Å². The molecule has 15 bridgehead atoms. The SMILES string of the molecule is C[C@@H]1CC2=C3[C@H]4C5=C6C[C@H](Cc7cccc(c7)CCCC[C@H]7[C@]68C(=O)O/C(=C/C[C@H](C6CCCC6)N6C[C@@H]9C[C@H](C6)[C@H](CC2)N3C9)[C@@]8(CC5)[C@]72OC(=O)c3c(CCCN)cccc32)[C@H]41. The van der Waals surface area contributed by atoms with Gasteiger partial charge in [0.25, 0.3) is 0 Å². The molecule has 7 nitrogen and oxygen atoms in total. The Morgan fingerprint density at radius 3 is 2.59 bits per heavy atom. The molecule has 2 aromatic carbocycles. The summed E-state index contributed by atoms with van der Waals surface area (Å²) in [4.78, 5) is 37.2. The summed E-state index contributed by atoms with van der Waals surface area (Å²) >= 11 is 0. The van der Waals surface area contributed by atoms with Crippen LogP contribution >= 0.6 is 0 Å². The molecule has 1 unspecified atom stereocenters. The van der Waals surface area contributed by atoms with E-state index in [2.05, 4.69) is 65.3 Å². The molecule has 5 fully saturated rings. The van der Waals surface area contributed by atoms with E-state index in [0.29, 0.717) is 60.1 Å². The second-order valence-electron chi connectivity index (χ2n) is 23.5. The van der Waals surface area contributed by atoms with Gasteiger partial charge in [-0.15, -0.1) is 0 Å². The van der Waals surface area contributed by atoms with E-state index in [1.54, 1.807) is 16.8 Å². The first-order valence-corrected chi connectivity index (χ1v) is 26.4. The summed E-state index contributed by atoms with van der Waals surface area (Å²) in [6.07, 6.45) is 22.9. The summed E-state index contributed by atoms with van der Waals surface area (Å²) in [7, 11) is 0.